The highest BCUT2D eigenvalue weighted by atomic mass is 19.1. The molecule has 2 amide bonds. The summed E-state index contributed by atoms with van der Waals surface area (Å²) in [5.74, 6) is -0.128. The van der Waals surface area contributed by atoms with E-state index in [1.54, 1.807) is 32.6 Å². The van der Waals surface area contributed by atoms with Gasteiger partial charge >= 0.3 is 6.01 Å². The number of piperidine rings is 1. The van der Waals surface area contributed by atoms with Gasteiger partial charge in [-0.2, -0.15) is 20.2 Å². The summed E-state index contributed by atoms with van der Waals surface area (Å²) in [5, 5.41) is 46.5. The molecule has 11 rings (SSSR count). The highest BCUT2D eigenvalue weighted by Gasteiger charge is 2.43. The number of nitrogens with two attached hydrogens (primary N) is 1. The number of aliphatic hydroxyl groups excluding tert-OH is 2. The Labute approximate surface area is 468 Å². The lowest BCUT2D eigenvalue weighted by molar-refractivity contribution is -0.142. The molecule has 0 radical (unpaired) electrons. The number of hydrogen-bond acceptors (Lipinski definition) is 15. The molecule has 6 N–H and O–H groups in total. The number of ether oxygens (including phenoxy) is 3. The van der Waals surface area contributed by atoms with Crippen molar-refractivity contribution in [1.29, 1.82) is 0 Å². The largest absolute Gasteiger partial charge is 0.486 e. The van der Waals surface area contributed by atoms with Crippen LogP contribution in [0.25, 0.3) is 55.4 Å². The summed E-state index contributed by atoms with van der Waals surface area (Å²) in [6.45, 7) is 11.5. The van der Waals surface area contributed by atoms with E-state index in [1.807, 2.05) is 87.0 Å². The molecule has 424 valence electrons. The molecular formula is C60H70FN13O7. The maximum atomic E-state index is 16.1. The van der Waals surface area contributed by atoms with E-state index in [2.05, 4.69) is 41.9 Å². The number of amides is 2. The smallest absolute Gasteiger partial charge is 0.319 e. The average molecular weight is 1100 g/mol. The van der Waals surface area contributed by atoms with Gasteiger partial charge < -0.3 is 45.3 Å². The molecule has 8 aromatic rings. The van der Waals surface area contributed by atoms with Gasteiger partial charge in [-0.25, -0.2) is 9.07 Å². The van der Waals surface area contributed by atoms with Crippen molar-refractivity contribution >= 4 is 39.4 Å². The molecule has 5 atom stereocenters. The second kappa shape index (κ2) is 23.3. The number of methoxy groups -OCH3 is 1. The summed E-state index contributed by atoms with van der Waals surface area (Å²) in [4.78, 5) is 42.5. The highest BCUT2D eigenvalue weighted by molar-refractivity contribution is 6.06. The van der Waals surface area contributed by atoms with Crippen LogP contribution in [0.1, 0.15) is 100 Å². The zero-order valence-electron chi connectivity index (χ0n) is 46.6. The number of β-amino-alcohol motifs (C(OH)–C–C–N with tert-alkyl or cyclic N) is 1. The number of benzene rings is 4. The molecule has 0 unspecified atom stereocenters. The van der Waals surface area contributed by atoms with E-state index >= 15 is 4.39 Å². The van der Waals surface area contributed by atoms with E-state index in [1.165, 1.54) is 15.6 Å². The van der Waals surface area contributed by atoms with Crippen LogP contribution in [0.5, 0.6) is 11.8 Å². The predicted octanol–water partition coefficient (Wildman–Crippen LogP) is 7.57. The van der Waals surface area contributed by atoms with Gasteiger partial charge in [0.2, 0.25) is 11.8 Å². The quantitative estimate of drug-likeness (QED) is 0.0494. The molecule has 0 spiro atoms. The Bertz CT molecular complexity index is 3550. The molecule has 21 heteroatoms. The van der Waals surface area contributed by atoms with E-state index in [-0.39, 0.29) is 74.5 Å². The van der Waals surface area contributed by atoms with Gasteiger partial charge in [-0.05, 0) is 104 Å². The van der Waals surface area contributed by atoms with Crippen molar-refractivity contribution in [2.75, 3.05) is 44.9 Å². The highest BCUT2D eigenvalue weighted by Crippen LogP contribution is 2.53. The number of hydrogen-bond donors (Lipinski definition) is 5. The van der Waals surface area contributed by atoms with E-state index in [4.69, 9.17) is 29.9 Å². The third kappa shape index (κ3) is 11.2. The van der Waals surface area contributed by atoms with E-state index in [0.717, 1.165) is 75.8 Å². The van der Waals surface area contributed by atoms with Crippen LogP contribution >= 0.6 is 0 Å². The van der Waals surface area contributed by atoms with Crippen LogP contribution in [0.4, 0.5) is 10.2 Å². The van der Waals surface area contributed by atoms with Gasteiger partial charge in [-0.1, -0.05) is 67.6 Å². The number of aromatic nitrogens is 9. The monoisotopic (exact) mass is 1100 g/mol. The molecule has 1 saturated carbocycles. The number of rotatable bonds is 20. The van der Waals surface area contributed by atoms with E-state index in [0.29, 0.717) is 58.8 Å². The van der Waals surface area contributed by atoms with E-state index < -0.39 is 30.1 Å². The Hall–Kier alpha value is -7.85. The van der Waals surface area contributed by atoms with Crippen LogP contribution in [0.15, 0.2) is 85.3 Å². The topological polar surface area (TPSA) is 250 Å². The number of fused-ring (bicyclic) bond motifs is 2. The number of anilines is 1. The number of halogens is 1. The molecule has 3 fully saturated rings. The zero-order valence-corrected chi connectivity index (χ0v) is 46.6. The maximum absolute atomic E-state index is 16.1. The number of aliphatic hydroxyl groups is 2. The third-order valence-corrected chi connectivity index (χ3v) is 16.1. The van der Waals surface area contributed by atoms with Crippen LogP contribution < -0.4 is 25.4 Å². The molecule has 2 saturated heterocycles. The molecule has 0 bridgehead atoms. The first kappa shape index (κ1) is 55.1. The standard InChI is InChI=1S/C60H70FN13O7/c1-7-73-50(18-21-64-73)40-16-14-39(15-17-40)49(30-75)65-58(77)51-24-42(76)28-72(51)59(78)55(33(2)3)74-29-48(69-70-74)38-10-8-36(9-11-38)32-80-56-53(52-35(5)46(61)26-47-45(52)27-63-68-47)43(37-12-13-37)25-44-54(56)66-60(81-31-34(4)79-6)67-57(44)71-22-19-41(62)20-23-71/h8-11,14-18,21,25-27,29,33-34,37,41-42,49,51,55,75-76H,7,12-13,19-20,22-24,28,30-32,62H2,1-6H3,(H,63,68)(H,65,77)/t34-,42+,49-,51-,55-/m0/s1. The number of nitrogens with zero attached hydrogens (tertiary/aromatic N) is 10. The molecule has 1 aliphatic carbocycles. The Morgan fingerprint density at radius 3 is 2.41 bits per heavy atom. The lowest BCUT2D eigenvalue weighted by Gasteiger charge is -2.32. The summed E-state index contributed by atoms with van der Waals surface area (Å²) in [6, 6.07) is 18.5. The molecule has 81 heavy (non-hydrogen) atoms. The van der Waals surface area contributed by atoms with Crippen molar-refractivity contribution in [3.63, 3.8) is 0 Å². The Balaban J connectivity index is 0.866. The minimum Gasteiger partial charge on any atom is -0.486 e. The second-order valence-corrected chi connectivity index (χ2v) is 22.1. The zero-order chi connectivity index (χ0) is 56.6. The van der Waals surface area contributed by atoms with Crippen LogP contribution in [0.2, 0.25) is 0 Å². The second-order valence-electron chi connectivity index (χ2n) is 22.1. The third-order valence-electron chi connectivity index (χ3n) is 16.1. The van der Waals surface area contributed by atoms with Gasteiger partial charge in [0.15, 0.2) is 5.75 Å². The maximum Gasteiger partial charge on any atom is 0.319 e. The van der Waals surface area contributed by atoms with Crippen LogP contribution in [0.3, 0.4) is 0 Å². The fraction of sp³-hybridized carbons (Fsp3) is 0.433. The van der Waals surface area contributed by atoms with Gasteiger partial charge in [0.25, 0.3) is 0 Å². The lowest BCUT2D eigenvalue weighted by Crippen LogP contribution is -2.50. The first-order chi connectivity index (χ1) is 39.2. The predicted molar refractivity (Wildman–Crippen MR) is 304 cm³/mol. The first-order valence-electron chi connectivity index (χ1n) is 28.0. The molecule has 20 nitrogen and oxygen atoms in total. The molecule has 4 aromatic carbocycles. The van der Waals surface area contributed by atoms with Gasteiger partial charge in [0.1, 0.15) is 48.1 Å². The van der Waals surface area contributed by atoms with Crippen LogP contribution in [-0.2, 0) is 27.5 Å². The average Bonchev–Trinajstić information content (AvgIpc) is 3.97. The number of H-pyrrole nitrogens is 1. The van der Waals surface area contributed by atoms with E-state index in [9.17, 15) is 19.8 Å². The minimum atomic E-state index is -0.989. The van der Waals surface area contributed by atoms with Gasteiger partial charge in [0, 0.05) is 79.4 Å². The molecule has 4 aromatic heterocycles. The van der Waals surface area contributed by atoms with Crippen molar-refractivity contribution in [3.8, 4) is 45.4 Å². The summed E-state index contributed by atoms with van der Waals surface area (Å²) in [7, 11) is 1.62. The Kier molecular flexibility index (Phi) is 15.9. The summed E-state index contributed by atoms with van der Waals surface area (Å²) < 4.78 is 38.4. The fourth-order valence-electron chi connectivity index (χ4n) is 11.4. The molecule has 2 aliphatic heterocycles. The van der Waals surface area contributed by atoms with Crippen molar-refractivity contribution in [1.82, 2.24) is 55.2 Å². The van der Waals surface area contributed by atoms with Crippen molar-refractivity contribution in [2.24, 2.45) is 11.7 Å². The van der Waals surface area contributed by atoms with Gasteiger partial charge in [0.05, 0.1) is 48.5 Å². The minimum absolute atomic E-state index is 0.0357. The number of likely N-dealkylation sites (tertiary alicyclic amines) is 1. The lowest BCUT2D eigenvalue weighted by atomic mass is 9.88. The number of nitrogens with one attached hydrogen (secondary N) is 2. The van der Waals surface area contributed by atoms with Crippen LogP contribution in [0, 0.1) is 18.7 Å². The SMILES string of the molecule is CCn1nccc1-c1ccc([C@H](CO)NC(=O)[C@@H]2C[C@@H](O)CN2C(=O)[C@H](C(C)C)n2cc(-c3ccc(COc4c(-c5c(C)c(F)cc6[nH]ncc56)c(C5CC5)cc5c(N6CCC(N)CC6)nc(OC[C@H](C)OC)nc45)cc3)nn2)cc1. The first-order valence-corrected chi connectivity index (χ1v) is 28.0. The van der Waals surface area contributed by atoms with Crippen molar-refractivity contribution < 1.29 is 38.4 Å². The molecular weight excluding hydrogens is 1030 g/mol. The van der Waals surface area contributed by atoms with Gasteiger partial charge in [-0.3, -0.25) is 19.4 Å². The molecule has 3 aliphatic rings. The number of aryl methyl sites for hydroxylation is 1. The number of aromatic amines is 1. The van der Waals surface area contributed by atoms with Crippen molar-refractivity contribution in [2.45, 2.75) is 122 Å². The number of carbonyl (C=O) groups is 2. The summed E-state index contributed by atoms with van der Waals surface area (Å²) in [5.41, 5.74) is 15.1. The normalized spacial score (nSPS) is 18.0. The Morgan fingerprint density at radius 2 is 1.70 bits per heavy atom. The molecule has 6 heterocycles. The summed E-state index contributed by atoms with van der Waals surface area (Å²) >= 11 is 0. The number of carbonyl (C=O) groups excluding carboxylic acids is 2. The van der Waals surface area contributed by atoms with Crippen molar-refractivity contribution in [3.05, 3.63) is 113 Å². The van der Waals surface area contributed by atoms with Crippen LogP contribution in [-0.4, -0.2) is 136 Å². The summed E-state index contributed by atoms with van der Waals surface area (Å²) in [6.07, 6.45) is 7.58. The van der Waals surface area contributed by atoms with Gasteiger partial charge in [-0.15, -0.1) is 5.10 Å². The fourth-order valence-corrected chi connectivity index (χ4v) is 11.4. The Morgan fingerprint density at radius 1 is 0.951 bits per heavy atom.